The first-order valence-electron chi connectivity index (χ1n) is 5.10. The minimum absolute atomic E-state index is 0. The molecule has 18 heavy (non-hydrogen) atoms. The van der Waals surface area contributed by atoms with Gasteiger partial charge in [0.05, 0.1) is 5.69 Å². The number of benzene rings is 1. The highest BCUT2D eigenvalue weighted by Gasteiger charge is 2.07. The second-order valence-electron chi connectivity index (χ2n) is 3.46. The normalized spacial score (nSPS) is 9.28. The molecule has 0 saturated heterocycles. The van der Waals surface area contributed by atoms with Crippen molar-refractivity contribution in [3.63, 3.8) is 0 Å². The summed E-state index contributed by atoms with van der Waals surface area (Å²) in [6.45, 7) is 1.52. The zero-order valence-corrected chi connectivity index (χ0v) is 10.6. The summed E-state index contributed by atoms with van der Waals surface area (Å²) in [7, 11) is 0. The molecule has 0 aliphatic carbocycles. The Balaban J connectivity index is 0.00000289. The van der Waals surface area contributed by atoms with Crippen molar-refractivity contribution < 1.29 is 14.0 Å². The summed E-state index contributed by atoms with van der Waals surface area (Å²) in [4.78, 5) is 22.1. The van der Waals surface area contributed by atoms with Gasteiger partial charge in [0.2, 0.25) is 11.8 Å². The van der Waals surface area contributed by atoms with E-state index in [1.54, 1.807) is 0 Å². The maximum atomic E-state index is 13.3. The van der Waals surface area contributed by atoms with Crippen LogP contribution in [0.15, 0.2) is 18.2 Å². The molecule has 100 valence electrons. The predicted octanol–water partition coefficient (Wildman–Crippen LogP) is 1.49. The number of nitrogens with two attached hydrogens (primary N) is 1. The van der Waals surface area contributed by atoms with Crippen LogP contribution in [0.1, 0.15) is 13.3 Å². The van der Waals surface area contributed by atoms with Crippen molar-refractivity contribution in [1.29, 1.82) is 0 Å². The van der Waals surface area contributed by atoms with E-state index in [1.165, 1.54) is 25.1 Å². The lowest BCUT2D eigenvalue weighted by molar-refractivity contribution is -0.116. The number of carbonyl (C=O) groups is 2. The van der Waals surface area contributed by atoms with Crippen molar-refractivity contribution >= 4 is 35.6 Å². The number of carbonyl (C=O) groups excluding carboxylic acids is 2. The van der Waals surface area contributed by atoms with Gasteiger partial charge in [-0.2, -0.15) is 0 Å². The number of hydrogen-bond acceptors (Lipinski definition) is 3. The Labute approximate surface area is 110 Å². The average Bonchev–Trinajstić information content (AvgIpc) is 2.22. The van der Waals surface area contributed by atoms with Crippen LogP contribution in [0.3, 0.4) is 0 Å². The average molecular weight is 276 g/mol. The molecule has 0 heterocycles. The van der Waals surface area contributed by atoms with E-state index < -0.39 is 5.82 Å². The molecule has 0 aromatic heterocycles. The standard InChI is InChI=1S/C11H14FN3O2.ClH/c1-7(16)14-10-6-8(2-3-9(10)12)15-11(17)4-5-13;/h2-3,6H,4-5,13H2,1H3,(H,14,16)(H,15,17);1H. The van der Waals surface area contributed by atoms with E-state index in [2.05, 4.69) is 10.6 Å². The second kappa shape index (κ2) is 7.62. The van der Waals surface area contributed by atoms with Crippen molar-refractivity contribution in [2.24, 2.45) is 5.73 Å². The van der Waals surface area contributed by atoms with Crippen molar-refractivity contribution in [3.8, 4) is 0 Å². The molecule has 0 saturated carbocycles. The van der Waals surface area contributed by atoms with Crippen LogP contribution >= 0.6 is 12.4 Å². The Morgan fingerprint density at radius 1 is 1.33 bits per heavy atom. The summed E-state index contributed by atoms with van der Waals surface area (Å²) in [5.41, 5.74) is 5.67. The highest BCUT2D eigenvalue weighted by molar-refractivity contribution is 5.93. The van der Waals surface area contributed by atoms with Crippen LogP contribution in [0.4, 0.5) is 15.8 Å². The molecule has 7 heteroatoms. The Bertz CT molecular complexity index is 440. The van der Waals surface area contributed by atoms with Crippen LogP contribution in [0.5, 0.6) is 0 Å². The van der Waals surface area contributed by atoms with Gasteiger partial charge < -0.3 is 16.4 Å². The Morgan fingerprint density at radius 3 is 2.56 bits per heavy atom. The Hall–Kier alpha value is -1.66. The Kier molecular flexibility index (Phi) is 6.92. The van der Waals surface area contributed by atoms with E-state index in [-0.39, 0.29) is 42.9 Å². The molecule has 4 N–H and O–H groups in total. The molecule has 0 aliphatic rings. The van der Waals surface area contributed by atoms with E-state index in [1.807, 2.05) is 0 Å². The molecule has 0 bridgehead atoms. The highest BCUT2D eigenvalue weighted by atomic mass is 35.5. The molecule has 0 unspecified atom stereocenters. The summed E-state index contributed by atoms with van der Waals surface area (Å²) in [5.74, 6) is -1.20. The second-order valence-corrected chi connectivity index (χ2v) is 3.46. The van der Waals surface area contributed by atoms with Gasteiger partial charge in [0, 0.05) is 25.6 Å². The number of nitrogens with one attached hydrogen (secondary N) is 2. The minimum atomic E-state index is -0.558. The molecule has 1 aromatic rings. The van der Waals surface area contributed by atoms with Crippen LogP contribution in [-0.2, 0) is 9.59 Å². The summed E-state index contributed by atoms with van der Waals surface area (Å²) in [5, 5.41) is 4.88. The van der Waals surface area contributed by atoms with Crippen LogP contribution in [0.25, 0.3) is 0 Å². The number of amides is 2. The van der Waals surface area contributed by atoms with Crippen molar-refractivity contribution in [3.05, 3.63) is 24.0 Å². The molecular formula is C11H15ClFN3O2. The first kappa shape index (κ1) is 16.3. The van der Waals surface area contributed by atoms with Crippen molar-refractivity contribution in [2.45, 2.75) is 13.3 Å². The molecule has 1 aromatic carbocycles. The van der Waals surface area contributed by atoms with Gasteiger partial charge in [-0.3, -0.25) is 9.59 Å². The highest BCUT2D eigenvalue weighted by Crippen LogP contribution is 2.19. The molecule has 2 amide bonds. The van der Waals surface area contributed by atoms with Gasteiger partial charge in [-0.25, -0.2) is 4.39 Å². The first-order chi connectivity index (χ1) is 8.02. The summed E-state index contributed by atoms with van der Waals surface area (Å²) >= 11 is 0. The Morgan fingerprint density at radius 2 is 2.00 bits per heavy atom. The lowest BCUT2D eigenvalue weighted by Gasteiger charge is -2.08. The predicted molar refractivity (Wildman–Crippen MR) is 70.3 cm³/mol. The SMILES string of the molecule is CC(=O)Nc1cc(NC(=O)CCN)ccc1F.Cl. The van der Waals surface area contributed by atoms with E-state index in [4.69, 9.17) is 5.73 Å². The largest absolute Gasteiger partial charge is 0.330 e. The smallest absolute Gasteiger partial charge is 0.225 e. The molecule has 0 fully saturated rings. The third kappa shape index (κ3) is 5.11. The van der Waals surface area contributed by atoms with Crippen LogP contribution < -0.4 is 16.4 Å². The van der Waals surface area contributed by atoms with Gasteiger partial charge in [0.15, 0.2) is 0 Å². The van der Waals surface area contributed by atoms with E-state index in [9.17, 15) is 14.0 Å². The fourth-order valence-electron chi connectivity index (χ4n) is 1.24. The van der Waals surface area contributed by atoms with Crippen LogP contribution in [-0.4, -0.2) is 18.4 Å². The topological polar surface area (TPSA) is 84.2 Å². The van der Waals surface area contributed by atoms with Crippen molar-refractivity contribution in [1.82, 2.24) is 0 Å². The van der Waals surface area contributed by atoms with Gasteiger partial charge in [0.1, 0.15) is 5.82 Å². The summed E-state index contributed by atoms with van der Waals surface area (Å²) in [6, 6.07) is 3.93. The molecule has 5 nitrogen and oxygen atoms in total. The number of anilines is 2. The molecule has 0 spiro atoms. The van der Waals surface area contributed by atoms with Crippen molar-refractivity contribution in [2.75, 3.05) is 17.2 Å². The molecule has 1 rings (SSSR count). The summed E-state index contributed by atoms with van der Waals surface area (Å²) < 4.78 is 13.3. The maximum absolute atomic E-state index is 13.3. The number of hydrogen-bond donors (Lipinski definition) is 3. The quantitative estimate of drug-likeness (QED) is 0.778. The molecule has 0 aliphatic heterocycles. The van der Waals surface area contributed by atoms with Gasteiger partial charge in [-0.1, -0.05) is 0 Å². The number of rotatable bonds is 4. The third-order valence-electron chi connectivity index (χ3n) is 1.93. The molecule has 0 radical (unpaired) electrons. The monoisotopic (exact) mass is 275 g/mol. The van der Waals surface area contributed by atoms with E-state index in [0.29, 0.717) is 5.69 Å². The van der Waals surface area contributed by atoms with Crippen LogP contribution in [0, 0.1) is 5.82 Å². The van der Waals surface area contributed by atoms with Gasteiger partial charge in [-0.05, 0) is 18.2 Å². The number of halogens is 2. The maximum Gasteiger partial charge on any atom is 0.225 e. The third-order valence-corrected chi connectivity index (χ3v) is 1.93. The van der Waals surface area contributed by atoms with Gasteiger partial charge in [-0.15, -0.1) is 12.4 Å². The first-order valence-corrected chi connectivity index (χ1v) is 5.10. The molecule has 0 atom stereocenters. The lowest BCUT2D eigenvalue weighted by Crippen LogP contribution is -2.16. The van der Waals surface area contributed by atoms with Gasteiger partial charge in [0.25, 0.3) is 0 Å². The summed E-state index contributed by atoms with van der Waals surface area (Å²) in [6.07, 6.45) is 0.187. The molecular weight excluding hydrogens is 261 g/mol. The van der Waals surface area contributed by atoms with E-state index in [0.717, 1.165) is 0 Å². The zero-order chi connectivity index (χ0) is 12.8. The van der Waals surface area contributed by atoms with Gasteiger partial charge >= 0.3 is 0 Å². The fraction of sp³-hybridized carbons (Fsp3) is 0.273. The van der Waals surface area contributed by atoms with E-state index >= 15 is 0 Å². The van der Waals surface area contributed by atoms with Crippen LogP contribution in [0.2, 0.25) is 0 Å². The fourth-order valence-corrected chi connectivity index (χ4v) is 1.24. The zero-order valence-electron chi connectivity index (χ0n) is 9.83. The minimum Gasteiger partial charge on any atom is -0.330 e. The lowest BCUT2D eigenvalue weighted by atomic mass is 10.2.